The summed E-state index contributed by atoms with van der Waals surface area (Å²) in [6.07, 6.45) is 0. The van der Waals surface area contributed by atoms with Crippen LogP contribution in [-0.2, 0) is 11.3 Å². The maximum atomic E-state index is 12.5. The van der Waals surface area contributed by atoms with Crippen molar-refractivity contribution in [2.24, 2.45) is 0 Å². The SMILES string of the molecule is COc1ccc(CNCC(C)(C)N2CCOCC2)cc1OC(F)F. The fourth-order valence-electron chi connectivity index (χ4n) is 2.81. The first-order valence-electron chi connectivity index (χ1n) is 8.07. The molecule has 7 heteroatoms. The van der Waals surface area contributed by atoms with Gasteiger partial charge >= 0.3 is 6.61 Å². The van der Waals surface area contributed by atoms with Gasteiger partial charge < -0.3 is 19.5 Å². The first-order valence-corrected chi connectivity index (χ1v) is 8.07. The molecule has 1 aromatic rings. The Morgan fingerprint density at radius 3 is 2.58 bits per heavy atom. The number of halogens is 2. The molecule has 136 valence electrons. The lowest BCUT2D eigenvalue weighted by Crippen LogP contribution is -2.54. The number of benzene rings is 1. The number of morpholine rings is 1. The lowest BCUT2D eigenvalue weighted by Gasteiger charge is -2.41. The summed E-state index contributed by atoms with van der Waals surface area (Å²) >= 11 is 0. The highest BCUT2D eigenvalue weighted by molar-refractivity contribution is 5.43. The van der Waals surface area contributed by atoms with Crippen molar-refractivity contribution in [1.82, 2.24) is 10.2 Å². The van der Waals surface area contributed by atoms with Crippen molar-refractivity contribution in [2.45, 2.75) is 32.5 Å². The lowest BCUT2D eigenvalue weighted by atomic mass is 10.0. The number of alkyl halides is 2. The van der Waals surface area contributed by atoms with Gasteiger partial charge in [-0.1, -0.05) is 6.07 Å². The molecule has 5 nitrogen and oxygen atoms in total. The Hall–Kier alpha value is -1.44. The van der Waals surface area contributed by atoms with Crippen LogP contribution in [0.3, 0.4) is 0 Å². The van der Waals surface area contributed by atoms with Gasteiger partial charge in [0.05, 0.1) is 20.3 Å². The molecule has 0 aliphatic carbocycles. The summed E-state index contributed by atoms with van der Waals surface area (Å²) in [7, 11) is 1.43. The van der Waals surface area contributed by atoms with Crippen LogP contribution in [0, 0.1) is 0 Å². The summed E-state index contributed by atoms with van der Waals surface area (Å²) in [4.78, 5) is 2.39. The zero-order valence-electron chi connectivity index (χ0n) is 14.5. The van der Waals surface area contributed by atoms with Crippen LogP contribution in [0.1, 0.15) is 19.4 Å². The molecular formula is C17H26F2N2O3. The Morgan fingerprint density at radius 1 is 1.25 bits per heavy atom. The summed E-state index contributed by atoms with van der Waals surface area (Å²) in [5, 5.41) is 3.39. The van der Waals surface area contributed by atoms with Crippen LogP contribution >= 0.6 is 0 Å². The van der Waals surface area contributed by atoms with Crippen molar-refractivity contribution >= 4 is 0 Å². The molecule has 1 heterocycles. The van der Waals surface area contributed by atoms with Crippen LogP contribution in [-0.4, -0.2) is 57.0 Å². The zero-order valence-corrected chi connectivity index (χ0v) is 14.5. The number of hydrogen-bond acceptors (Lipinski definition) is 5. The summed E-state index contributed by atoms with van der Waals surface area (Å²) in [5.41, 5.74) is 0.864. The van der Waals surface area contributed by atoms with E-state index in [4.69, 9.17) is 9.47 Å². The Kier molecular flexibility index (Phi) is 6.77. The summed E-state index contributed by atoms with van der Waals surface area (Å²) in [5.74, 6) is 0.354. The van der Waals surface area contributed by atoms with Crippen LogP contribution in [0.4, 0.5) is 8.78 Å². The van der Waals surface area contributed by atoms with Crippen molar-refractivity contribution in [3.8, 4) is 11.5 Å². The smallest absolute Gasteiger partial charge is 0.387 e. The summed E-state index contributed by atoms with van der Waals surface area (Å²) < 4.78 is 39.9. The van der Waals surface area contributed by atoms with Gasteiger partial charge in [0.15, 0.2) is 11.5 Å². The second-order valence-electron chi connectivity index (χ2n) is 6.38. The molecule has 0 bridgehead atoms. The monoisotopic (exact) mass is 344 g/mol. The normalized spacial score (nSPS) is 16.4. The van der Waals surface area contributed by atoms with E-state index < -0.39 is 6.61 Å². The van der Waals surface area contributed by atoms with E-state index in [2.05, 4.69) is 28.8 Å². The number of hydrogen-bond donors (Lipinski definition) is 1. The fourth-order valence-corrected chi connectivity index (χ4v) is 2.81. The highest BCUT2D eigenvalue weighted by Gasteiger charge is 2.27. The first-order chi connectivity index (χ1) is 11.4. The minimum absolute atomic E-state index is 0.00144. The minimum atomic E-state index is -2.87. The Morgan fingerprint density at radius 2 is 1.96 bits per heavy atom. The maximum Gasteiger partial charge on any atom is 0.387 e. The molecule has 0 aromatic heterocycles. The average molecular weight is 344 g/mol. The topological polar surface area (TPSA) is 43.0 Å². The van der Waals surface area contributed by atoms with Gasteiger partial charge in [-0.25, -0.2) is 0 Å². The predicted octanol–water partition coefficient (Wildman–Crippen LogP) is 2.50. The third-order valence-electron chi connectivity index (χ3n) is 4.20. The molecule has 0 radical (unpaired) electrons. The van der Waals surface area contributed by atoms with Crippen LogP contribution in [0.15, 0.2) is 18.2 Å². The number of ether oxygens (including phenoxy) is 3. The van der Waals surface area contributed by atoms with Crippen molar-refractivity contribution in [3.63, 3.8) is 0 Å². The molecule has 1 N–H and O–H groups in total. The predicted molar refractivity (Wildman–Crippen MR) is 87.8 cm³/mol. The largest absolute Gasteiger partial charge is 0.493 e. The molecule has 0 amide bonds. The van der Waals surface area contributed by atoms with Gasteiger partial charge in [-0.3, -0.25) is 4.90 Å². The number of methoxy groups -OCH3 is 1. The molecule has 1 aliphatic rings. The van der Waals surface area contributed by atoms with Crippen molar-refractivity contribution in [1.29, 1.82) is 0 Å². The minimum Gasteiger partial charge on any atom is -0.493 e. The third-order valence-corrected chi connectivity index (χ3v) is 4.20. The molecule has 0 unspecified atom stereocenters. The molecular weight excluding hydrogens is 318 g/mol. The molecule has 1 fully saturated rings. The third kappa shape index (κ3) is 5.29. The van der Waals surface area contributed by atoms with Crippen molar-refractivity contribution < 1.29 is 23.0 Å². The summed E-state index contributed by atoms with van der Waals surface area (Å²) in [6.45, 7) is 6.21. The fraction of sp³-hybridized carbons (Fsp3) is 0.647. The standard InChI is InChI=1S/C17H26F2N2O3/c1-17(2,21-6-8-23-9-7-21)12-20-11-13-4-5-14(22-3)15(10-13)24-16(18)19/h4-5,10,16,20H,6-9,11-12H2,1-3H3. The van der Waals surface area contributed by atoms with Gasteiger partial charge in [-0.05, 0) is 31.5 Å². The Bertz CT molecular complexity index is 521. The van der Waals surface area contributed by atoms with Crippen LogP contribution < -0.4 is 14.8 Å². The van der Waals surface area contributed by atoms with Crippen molar-refractivity contribution in [2.75, 3.05) is 40.0 Å². The molecule has 1 saturated heterocycles. The van der Waals surface area contributed by atoms with Crippen LogP contribution in [0.2, 0.25) is 0 Å². The quantitative estimate of drug-likeness (QED) is 0.785. The van der Waals surface area contributed by atoms with E-state index in [1.807, 2.05) is 6.07 Å². The van der Waals surface area contributed by atoms with Crippen LogP contribution in [0.25, 0.3) is 0 Å². The second-order valence-corrected chi connectivity index (χ2v) is 6.38. The van der Waals surface area contributed by atoms with E-state index in [1.54, 1.807) is 12.1 Å². The molecule has 2 rings (SSSR count). The van der Waals surface area contributed by atoms with Crippen molar-refractivity contribution in [3.05, 3.63) is 23.8 Å². The van der Waals surface area contributed by atoms with E-state index in [9.17, 15) is 8.78 Å². The Balaban J connectivity index is 1.91. The molecule has 24 heavy (non-hydrogen) atoms. The van der Waals surface area contributed by atoms with Crippen LogP contribution in [0.5, 0.6) is 11.5 Å². The van der Waals surface area contributed by atoms with Gasteiger partial charge in [0.2, 0.25) is 0 Å². The van der Waals surface area contributed by atoms with E-state index in [0.29, 0.717) is 12.3 Å². The van der Waals surface area contributed by atoms with Gasteiger partial charge in [-0.2, -0.15) is 8.78 Å². The number of nitrogens with one attached hydrogen (secondary N) is 1. The summed E-state index contributed by atoms with van der Waals surface area (Å²) in [6, 6.07) is 5.06. The van der Waals surface area contributed by atoms with Gasteiger partial charge in [0.1, 0.15) is 0 Å². The van der Waals surface area contributed by atoms with Gasteiger partial charge in [-0.15, -0.1) is 0 Å². The number of rotatable bonds is 8. The molecule has 0 atom stereocenters. The molecule has 1 aliphatic heterocycles. The average Bonchev–Trinajstić information content (AvgIpc) is 2.55. The Labute approximate surface area is 141 Å². The molecule has 1 aromatic carbocycles. The highest BCUT2D eigenvalue weighted by atomic mass is 19.3. The first kappa shape index (κ1) is 18.9. The van der Waals surface area contributed by atoms with E-state index in [-0.39, 0.29) is 11.3 Å². The van der Waals surface area contributed by atoms with E-state index in [0.717, 1.165) is 38.4 Å². The van der Waals surface area contributed by atoms with E-state index >= 15 is 0 Å². The molecule has 0 spiro atoms. The highest BCUT2D eigenvalue weighted by Crippen LogP contribution is 2.29. The second kappa shape index (κ2) is 8.60. The lowest BCUT2D eigenvalue weighted by molar-refractivity contribution is -0.0512. The molecule has 0 saturated carbocycles. The zero-order chi connectivity index (χ0) is 17.6. The van der Waals surface area contributed by atoms with Gasteiger partial charge in [0.25, 0.3) is 0 Å². The van der Waals surface area contributed by atoms with E-state index in [1.165, 1.54) is 7.11 Å². The number of nitrogens with zero attached hydrogens (tertiary/aromatic N) is 1. The van der Waals surface area contributed by atoms with Gasteiger partial charge in [0, 0.05) is 31.7 Å². The maximum absolute atomic E-state index is 12.5.